The molecule has 1 aromatic carbocycles. The fourth-order valence-electron chi connectivity index (χ4n) is 2.89. The maximum absolute atomic E-state index is 5.72. The number of rotatable bonds is 8. The second kappa shape index (κ2) is 11.2. The Morgan fingerprint density at radius 3 is 2.31 bits per heavy atom. The van der Waals surface area contributed by atoms with Crippen molar-refractivity contribution in [3.05, 3.63) is 83.3 Å². The molecule has 2 aromatic rings. The largest absolute Gasteiger partial charge is 0.491 e. The van der Waals surface area contributed by atoms with E-state index < -0.39 is 0 Å². The average Bonchev–Trinajstić information content (AvgIpc) is 2.69. The maximum atomic E-state index is 5.72. The molecule has 0 unspecified atom stereocenters. The van der Waals surface area contributed by atoms with Gasteiger partial charge in [-0.15, -0.1) is 0 Å². The number of aromatic nitrogens is 1. The van der Waals surface area contributed by atoms with Gasteiger partial charge in [-0.3, -0.25) is 9.98 Å². The van der Waals surface area contributed by atoms with Gasteiger partial charge in [0, 0.05) is 24.3 Å². The molecule has 0 saturated carbocycles. The highest BCUT2D eigenvalue weighted by Gasteiger charge is 2.04. The van der Waals surface area contributed by atoms with E-state index in [1.165, 1.54) is 5.57 Å². The Bertz CT molecular complexity index is 883. The predicted molar refractivity (Wildman–Crippen MR) is 125 cm³/mol. The highest BCUT2D eigenvalue weighted by atomic mass is 16.5. The minimum absolute atomic E-state index is 0.178. The van der Waals surface area contributed by atoms with Crippen molar-refractivity contribution in [1.82, 2.24) is 4.98 Å². The Kier molecular flexibility index (Phi) is 8.60. The van der Waals surface area contributed by atoms with E-state index in [4.69, 9.17) is 4.74 Å². The molecule has 152 valence electrons. The van der Waals surface area contributed by atoms with E-state index >= 15 is 0 Å². The summed E-state index contributed by atoms with van der Waals surface area (Å²) in [5.41, 5.74) is 5.66. The Labute approximate surface area is 175 Å². The lowest BCUT2D eigenvalue weighted by atomic mass is 9.98. The van der Waals surface area contributed by atoms with Gasteiger partial charge in [0.1, 0.15) is 5.75 Å². The molecule has 29 heavy (non-hydrogen) atoms. The van der Waals surface area contributed by atoms with Gasteiger partial charge in [0.15, 0.2) is 0 Å². The van der Waals surface area contributed by atoms with Gasteiger partial charge in [-0.05, 0) is 86.2 Å². The summed E-state index contributed by atoms with van der Waals surface area (Å²) in [4.78, 5) is 8.83. The van der Waals surface area contributed by atoms with Gasteiger partial charge in [0.25, 0.3) is 0 Å². The second-order valence-electron chi connectivity index (χ2n) is 7.53. The number of hydrogen-bond donors (Lipinski definition) is 0. The fourth-order valence-corrected chi connectivity index (χ4v) is 2.89. The van der Waals surface area contributed by atoms with Crippen LogP contribution < -0.4 is 4.74 Å². The Hall–Kier alpha value is -2.94. The lowest BCUT2D eigenvalue weighted by Gasteiger charge is -2.12. The van der Waals surface area contributed by atoms with Crippen molar-refractivity contribution in [2.75, 3.05) is 0 Å². The van der Waals surface area contributed by atoms with Crippen molar-refractivity contribution < 1.29 is 4.74 Å². The number of ether oxygens (including phenoxy) is 1. The van der Waals surface area contributed by atoms with Crippen molar-refractivity contribution in [3.8, 4) is 5.75 Å². The third-order valence-electron chi connectivity index (χ3n) is 4.42. The summed E-state index contributed by atoms with van der Waals surface area (Å²) >= 11 is 0. The summed E-state index contributed by atoms with van der Waals surface area (Å²) in [7, 11) is 0. The smallest absolute Gasteiger partial charge is 0.119 e. The lowest BCUT2D eigenvalue weighted by molar-refractivity contribution is 0.242. The van der Waals surface area contributed by atoms with Crippen LogP contribution in [0.5, 0.6) is 5.75 Å². The maximum Gasteiger partial charge on any atom is 0.119 e. The summed E-state index contributed by atoms with van der Waals surface area (Å²) in [5.74, 6) is 1.34. The van der Waals surface area contributed by atoms with E-state index in [-0.39, 0.29) is 6.10 Å². The molecule has 0 spiro atoms. The highest BCUT2D eigenvalue weighted by molar-refractivity contribution is 5.85. The Balaban J connectivity index is 2.01. The minimum Gasteiger partial charge on any atom is -0.491 e. The van der Waals surface area contributed by atoms with Crippen molar-refractivity contribution in [2.45, 2.75) is 53.6 Å². The number of benzene rings is 1. The molecule has 3 heteroatoms. The average molecular weight is 389 g/mol. The predicted octanol–water partition coefficient (Wildman–Crippen LogP) is 7.08. The van der Waals surface area contributed by atoms with Gasteiger partial charge in [-0.1, -0.05) is 38.1 Å². The molecule has 0 saturated heterocycles. The van der Waals surface area contributed by atoms with Gasteiger partial charge in [0.05, 0.1) is 6.10 Å². The zero-order chi connectivity index (χ0) is 21.2. The quantitative estimate of drug-likeness (QED) is 0.357. The topological polar surface area (TPSA) is 34.5 Å². The standard InChI is InChI=1S/C26H32N2O/c1-7-25(23-9-11-24(12-10-23)29-20(4)5)21(6)14-16-27-17-15-22-8-13-26(19(2)3)28-18-22/h7-20H,1-6H3/b17-15+,21-14-,25-7+,27-16+. The molecule has 0 fully saturated rings. The first-order valence-corrected chi connectivity index (χ1v) is 10.2. The van der Waals surface area contributed by atoms with Crippen LogP contribution in [-0.4, -0.2) is 17.3 Å². The molecule has 1 aromatic heterocycles. The highest BCUT2D eigenvalue weighted by Crippen LogP contribution is 2.25. The first kappa shape index (κ1) is 22.4. The van der Waals surface area contributed by atoms with Crippen LogP contribution in [0.2, 0.25) is 0 Å². The van der Waals surface area contributed by atoms with E-state index in [1.54, 1.807) is 6.20 Å². The molecule has 0 aliphatic carbocycles. The Morgan fingerprint density at radius 1 is 1.03 bits per heavy atom. The van der Waals surface area contributed by atoms with Crippen molar-refractivity contribution >= 4 is 17.9 Å². The van der Waals surface area contributed by atoms with Gasteiger partial charge in [-0.2, -0.15) is 0 Å². The summed E-state index contributed by atoms with van der Waals surface area (Å²) < 4.78 is 5.72. The Morgan fingerprint density at radius 2 is 1.76 bits per heavy atom. The van der Waals surface area contributed by atoms with Crippen molar-refractivity contribution in [2.24, 2.45) is 4.99 Å². The SMILES string of the molecule is C\C=C(/C(C)=C\C=N\C=C\c1ccc(C(C)C)nc1)c1ccc(OC(C)C)cc1. The van der Waals surface area contributed by atoms with Crippen LogP contribution in [0.4, 0.5) is 0 Å². The fraction of sp³-hybridized carbons (Fsp3) is 0.308. The van der Waals surface area contributed by atoms with Crippen LogP contribution in [0.25, 0.3) is 11.6 Å². The number of hydrogen-bond acceptors (Lipinski definition) is 3. The molecule has 0 aliphatic rings. The van der Waals surface area contributed by atoms with E-state index in [0.29, 0.717) is 5.92 Å². The first-order chi connectivity index (χ1) is 13.9. The first-order valence-electron chi connectivity index (χ1n) is 10.2. The molecule has 0 amide bonds. The van der Waals surface area contributed by atoms with Gasteiger partial charge in [-0.25, -0.2) is 0 Å². The minimum atomic E-state index is 0.178. The molecule has 0 N–H and O–H groups in total. The van der Waals surface area contributed by atoms with E-state index in [2.05, 4.69) is 68.0 Å². The molecule has 0 bridgehead atoms. The zero-order valence-electron chi connectivity index (χ0n) is 18.4. The van der Waals surface area contributed by atoms with Crippen LogP contribution in [0.15, 0.2) is 71.5 Å². The summed E-state index contributed by atoms with van der Waals surface area (Å²) in [5, 5.41) is 0. The molecule has 3 nitrogen and oxygen atoms in total. The van der Waals surface area contributed by atoms with Gasteiger partial charge in [0.2, 0.25) is 0 Å². The molecule has 0 radical (unpaired) electrons. The third-order valence-corrected chi connectivity index (χ3v) is 4.42. The number of allylic oxidation sites excluding steroid dienone is 4. The van der Waals surface area contributed by atoms with Crippen LogP contribution in [0, 0.1) is 0 Å². The van der Waals surface area contributed by atoms with Gasteiger partial charge < -0.3 is 4.74 Å². The number of nitrogens with zero attached hydrogens (tertiary/aromatic N) is 2. The van der Waals surface area contributed by atoms with E-state index in [9.17, 15) is 0 Å². The van der Waals surface area contributed by atoms with Crippen molar-refractivity contribution in [3.63, 3.8) is 0 Å². The van der Waals surface area contributed by atoms with Crippen LogP contribution in [-0.2, 0) is 0 Å². The van der Waals surface area contributed by atoms with Crippen LogP contribution in [0.1, 0.15) is 64.3 Å². The second-order valence-corrected chi connectivity index (χ2v) is 7.53. The molecule has 0 atom stereocenters. The van der Waals surface area contributed by atoms with Crippen LogP contribution >= 0.6 is 0 Å². The normalized spacial score (nSPS) is 13.2. The van der Waals surface area contributed by atoms with Crippen LogP contribution in [0.3, 0.4) is 0 Å². The monoisotopic (exact) mass is 388 g/mol. The third kappa shape index (κ3) is 7.19. The zero-order valence-corrected chi connectivity index (χ0v) is 18.4. The summed E-state index contributed by atoms with van der Waals surface area (Å²) in [6, 6.07) is 12.3. The van der Waals surface area contributed by atoms with Crippen molar-refractivity contribution in [1.29, 1.82) is 0 Å². The molecular formula is C26H32N2O. The summed E-state index contributed by atoms with van der Waals surface area (Å²) in [6.07, 6.45) is 11.8. The summed E-state index contributed by atoms with van der Waals surface area (Å²) in [6.45, 7) is 12.5. The van der Waals surface area contributed by atoms with E-state index in [1.807, 2.05) is 50.5 Å². The molecular weight excluding hydrogens is 356 g/mol. The molecule has 2 rings (SSSR count). The van der Waals surface area contributed by atoms with E-state index in [0.717, 1.165) is 28.1 Å². The lowest BCUT2D eigenvalue weighted by Crippen LogP contribution is -2.05. The number of pyridine rings is 1. The number of aliphatic imine (C=N–C) groups is 1. The van der Waals surface area contributed by atoms with Gasteiger partial charge >= 0.3 is 0 Å². The molecule has 1 heterocycles. The molecule has 0 aliphatic heterocycles.